The van der Waals surface area contributed by atoms with Crippen LogP contribution in [0.3, 0.4) is 0 Å². The molecule has 6 heteroatoms. The molecule has 0 radical (unpaired) electrons. The van der Waals surface area contributed by atoms with Crippen LogP contribution in [0, 0.1) is 0 Å². The molecule has 0 aliphatic rings. The van der Waals surface area contributed by atoms with E-state index in [9.17, 15) is 8.42 Å². The third-order valence-corrected chi connectivity index (χ3v) is 4.68. The number of hydrogen-bond donors (Lipinski definition) is 2. The van der Waals surface area contributed by atoms with Crippen LogP contribution in [0.15, 0.2) is 23.2 Å². The van der Waals surface area contributed by atoms with E-state index < -0.39 is 10.0 Å². The van der Waals surface area contributed by atoms with Crippen molar-refractivity contribution in [2.75, 3.05) is 12.4 Å². The maximum absolute atomic E-state index is 12.4. The summed E-state index contributed by atoms with van der Waals surface area (Å²) >= 11 is 0. The molecule has 1 unspecified atom stereocenters. The van der Waals surface area contributed by atoms with E-state index in [4.69, 9.17) is 0 Å². The average molecular weight is 299 g/mol. The Labute approximate surface area is 122 Å². The highest BCUT2D eigenvalue weighted by Gasteiger charge is 2.19. The van der Waals surface area contributed by atoms with Gasteiger partial charge in [0.2, 0.25) is 10.0 Å². The first-order valence-electron chi connectivity index (χ1n) is 7.19. The summed E-state index contributed by atoms with van der Waals surface area (Å²) in [5.41, 5.74) is 0. The maximum Gasteiger partial charge on any atom is 0.241 e. The predicted octanol–water partition coefficient (Wildman–Crippen LogP) is 2.76. The lowest BCUT2D eigenvalue weighted by atomic mass is 10.1. The number of rotatable bonds is 9. The molecule has 0 aliphatic carbocycles. The van der Waals surface area contributed by atoms with Gasteiger partial charge in [0.1, 0.15) is 5.82 Å². The Morgan fingerprint density at radius 1 is 1.25 bits per heavy atom. The number of pyridine rings is 1. The van der Waals surface area contributed by atoms with E-state index >= 15 is 0 Å². The summed E-state index contributed by atoms with van der Waals surface area (Å²) in [6.45, 7) is 4.18. The van der Waals surface area contributed by atoms with Crippen LogP contribution in [0.25, 0.3) is 0 Å². The molecular weight excluding hydrogens is 274 g/mol. The minimum atomic E-state index is -3.47. The zero-order valence-corrected chi connectivity index (χ0v) is 13.3. The average Bonchev–Trinajstić information content (AvgIpc) is 2.45. The van der Waals surface area contributed by atoms with E-state index in [-0.39, 0.29) is 10.9 Å². The van der Waals surface area contributed by atoms with Crippen LogP contribution in [0.2, 0.25) is 0 Å². The molecule has 1 heterocycles. The summed E-state index contributed by atoms with van der Waals surface area (Å²) in [7, 11) is -1.76. The lowest BCUT2D eigenvalue weighted by Crippen LogP contribution is -2.34. The molecule has 0 aliphatic heterocycles. The van der Waals surface area contributed by atoms with Gasteiger partial charge in [0.15, 0.2) is 0 Å². The number of unbranched alkanes of at least 4 members (excludes halogenated alkanes) is 1. The molecule has 0 saturated heterocycles. The fraction of sp³-hybridized carbons (Fsp3) is 0.643. The third-order valence-electron chi connectivity index (χ3n) is 3.16. The van der Waals surface area contributed by atoms with Gasteiger partial charge in [-0.3, -0.25) is 0 Å². The molecule has 0 spiro atoms. The Bertz CT molecular complexity index is 503. The number of nitrogens with zero attached hydrogens (tertiary/aromatic N) is 1. The van der Waals surface area contributed by atoms with Crippen molar-refractivity contribution in [2.45, 2.75) is 56.9 Å². The highest BCUT2D eigenvalue weighted by molar-refractivity contribution is 7.89. The molecule has 20 heavy (non-hydrogen) atoms. The van der Waals surface area contributed by atoms with E-state index in [1.165, 1.54) is 12.3 Å². The lowest BCUT2D eigenvalue weighted by molar-refractivity contribution is 0.483. The smallest absolute Gasteiger partial charge is 0.241 e. The van der Waals surface area contributed by atoms with Gasteiger partial charge in [0.05, 0.1) is 4.90 Å². The molecular formula is C14H25N3O2S. The van der Waals surface area contributed by atoms with Crippen molar-refractivity contribution >= 4 is 15.8 Å². The second-order valence-electron chi connectivity index (χ2n) is 4.88. The largest absolute Gasteiger partial charge is 0.373 e. The van der Waals surface area contributed by atoms with Crippen LogP contribution in [-0.2, 0) is 10.0 Å². The van der Waals surface area contributed by atoms with Gasteiger partial charge < -0.3 is 5.32 Å². The van der Waals surface area contributed by atoms with Crippen molar-refractivity contribution in [1.29, 1.82) is 0 Å². The van der Waals surface area contributed by atoms with Crippen molar-refractivity contribution in [2.24, 2.45) is 0 Å². The van der Waals surface area contributed by atoms with Crippen molar-refractivity contribution in [3.63, 3.8) is 0 Å². The Morgan fingerprint density at radius 2 is 2.00 bits per heavy atom. The summed E-state index contributed by atoms with van der Waals surface area (Å²) in [5.74, 6) is 0.550. The van der Waals surface area contributed by atoms with Crippen molar-refractivity contribution in [3.8, 4) is 0 Å². The quantitative estimate of drug-likeness (QED) is 0.735. The van der Waals surface area contributed by atoms with Gasteiger partial charge in [-0.25, -0.2) is 18.1 Å². The first-order valence-corrected chi connectivity index (χ1v) is 8.68. The first-order chi connectivity index (χ1) is 9.53. The van der Waals surface area contributed by atoms with Gasteiger partial charge in [-0.15, -0.1) is 0 Å². The van der Waals surface area contributed by atoms with E-state index in [0.29, 0.717) is 5.82 Å². The molecule has 1 aromatic rings. The normalized spacial score (nSPS) is 13.2. The molecule has 1 atom stereocenters. The summed E-state index contributed by atoms with van der Waals surface area (Å²) in [4.78, 5) is 4.29. The summed E-state index contributed by atoms with van der Waals surface area (Å²) < 4.78 is 27.6. The van der Waals surface area contributed by atoms with Crippen LogP contribution in [0.5, 0.6) is 0 Å². The zero-order chi connectivity index (χ0) is 15.0. The first kappa shape index (κ1) is 16.9. The van der Waals surface area contributed by atoms with Gasteiger partial charge in [-0.1, -0.05) is 33.1 Å². The van der Waals surface area contributed by atoms with Crippen LogP contribution >= 0.6 is 0 Å². The molecule has 0 bridgehead atoms. The molecule has 1 rings (SSSR count). The summed E-state index contributed by atoms with van der Waals surface area (Å²) in [6, 6.07) is 3.08. The maximum atomic E-state index is 12.4. The monoisotopic (exact) mass is 299 g/mol. The van der Waals surface area contributed by atoms with Crippen LogP contribution in [-0.4, -0.2) is 26.5 Å². The van der Waals surface area contributed by atoms with Gasteiger partial charge >= 0.3 is 0 Å². The van der Waals surface area contributed by atoms with E-state index in [1.54, 1.807) is 13.1 Å². The molecule has 0 aromatic carbocycles. The fourth-order valence-corrected chi connectivity index (χ4v) is 3.38. The molecule has 0 saturated carbocycles. The highest BCUT2D eigenvalue weighted by atomic mass is 32.2. The minimum Gasteiger partial charge on any atom is -0.373 e. The Hall–Kier alpha value is -1.14. The Morgan fingerprint density at radius 3 is 2.60 bits per heavy atom. The highest BCUT2D eigenvalue weighted by Crippen LogP contribution is 2.15. The van der Waals surface area contributed by atoms with Gasteiger partial charge in [0.25, 0.3) is 0 Å². The molecule has 1 aromatic heterocycles. The van der Waals surface area contributed by atoms with Crippen molar-refractivity contribution < 1.29 is 8.42 Å². The second-order valence-corrected chi connectivity index (χ2v) is 6.59. The van der Waals surface area contributed by atoms with Gasteiger partial charge in [0, 0.05) is 25.4 Å². The number of anilines is 1. The van der Waals surface area contributed by atoms with E-state index in [0.717, 1.165) is 32.1 Å². The standard InChI is InChI=1S/C14H25N3O2S/c1-4-6-8-12(7-5-2)17-20(18,19)13-9-10-16-14(11-13)15-3/h9-12,17H,4-8H2,1-3H3,(H,15,16). The Kier molecular flexibility index (Phi) is 6.95. The number of hydrogen-bond acceptors (Lipinski definition) is 4. The van der Waals surface area contributed by atoms with Gasteiger partial charge in [-0.2, -0.15) is 0 Å². The van der Waals surface area contributed by atoms with Crippen molar-refractivity contribution in [3.05, 3.63) is 18.3 Å². The van der Waals surface area contributed by atoms with E-state index in [2.05, 4.69) is 28.9 Å². The molecule has 2 N–H and O–H groups in total. The fourth-order valence-electron chi connectivity index (χ4n) is 2.06. The van der Waals surface area contributed by atoms with Crippen LogP contribution in [0.1, 0.15) is 46.0 Å². The topological polar surface area (TPSA) is 71.1 Å². The number of nitrogens with one attached hydrogen (secondary N) is 2. The lowest BCUT2D eigenvalue weighted by Gasteiger charge is -2.18. The molecule has 0 amide bonds. The molecule has 0 fully saturated rings. The zero-order valence-electron chi connectivity index (χ0n) is 12.5. The van der Waals surface area contributed by atoms with Gasteiger partial charge in [-0.05, 0) is 18.9 Å². The van der Waals surface area contributed by atoms with Crippen LogP contribution < -0.4 is 10.0 Å². The SMILES string of the molecule is CCCCC(CCC)NS(=O)(=O)c1ccnc(NC)c1. The second kappa shape index (κ2) is 8.21. The summed E-state index contributed by atoms with van der Waals surface area (Å²) in [6.07, 6.45) is 6.32. The third kappa shape index (κ3) is 5.09. The molecule has 5 nitrogen and oxygen atoms in total. The minimum absolute atomic E-state index is 0.0103. The summed E-state index contributed by atoms with van der Waals surface area (Å²) in [5, 5.41) is 2.85. The number of aromatic nitrogens is 1. The van der Waals surface area contributed by atoms with Crippen molar-refractivity contribution in [1.82, 2.24) is 9.71 Å². The van der Waals surface area contributed by atoms with Crippen LogP contribution in [0.4, 0.5) is 5.82 Å². The Balaban J connectivity index is 2.84. The number of sulfonamides is 1. The predicted molar refractivity (Wildman–Crippen MR) is 82.3 cm³/mol. The molecule has 114 valence electrons. The van der Waals surface area contributed by atoms with E-state index in [1.807, 2.05) is 0 Å².